The molecule has 2 amide bonds. The molecule has 0 unspecified atom stereocenters. The number of rotatable bonds is 0. The minimum absolute atomic E-state index is 0.148. The third-order valence-electron chi connectivity index (χ3n) is 1.03. The summed E-state index contributed by atoms with van der Waals surface area (Å²) in [6, 6.07) is 0. The van der Waals surface area contributed by atoms with Gasteiger partial charge in [0, 0.05) is 12.8 Å². The SMILES string of the molecule is O=C1CCC(=O)N1O.O=CO. The molecule has 0 aromatic rings. The van der Waals surface area contributed by atoms with E-state index in [-0.39, 0.29) is 24.4 Å². The summed E-state index contributed by atoms with van der Waals surface area (Å²) in [6.07, 6.45) is 0.296. The van der Waals surface area contributed by atoms with Gasteiger partial charge in [0.1, 0.15) is 0 Å². The maximum atomic E-state index is 10.2. The molecule has 0 atom stereocenters. The first-order valence-corrected chi connectivity index (χ1v) is 2.76. The lowest BCUT2D eigenvalue weighted by Crippen LogP contribution is -2.24. The van der Waals surface area contributed by atoms with Crippen LogP contribution in [-0.2, 0) is 14.4 Å². The minimum atomic E-state index is -0.505. The molecule has 1 rings (SSSR count). The lowest BCUT2D eigenvalue weighted by molar-refractivity contribution is -0.171. The van der Waals surface area contributed by atoms with Crippen molar-refractivity contribution in [1.82, 2.24) is 5.06 Å². The first-order chi connectivity index (χ1) is 5.13. The summed E-state index contributed by atoms with van der Waals surface area (Å²) in [5.74, 6) is -1.01. The standard InChI is InChI=1S/C4H5NO3.CH2O2/c6-3-1-2-4(7)5(3)8;2-1-3/h8H,1-2H2;1H,(H,2,3). The van der Waals surface area contributed by atoms with Crippen molar-refractivity contribution in [3.63, 3.8) is 0 Å². The van der Waals surface area contributed by atoms with E-state index in [9.17, 15) is 9.59 Å². The summed E-state index contributed by atoms with van der Waals surface area (Å²) in [4.78, 5) is 28.8. The van der Waals surface area contributed by atoms with E-state index >= 15 is 0 Å². The zero-order valence-electron chi connectivity index (χ0n) is 5.56. The molecule has 0 aromatic heterocycles. The summed E-state index contributed by atoms with van der Waals surface area (Å²) < 4.78 is 0. The van der Waals surface area contributed by atoms with Crippen LogP contribution >= 0.6 is 0 Å². The van der Waals surface area contributed by atoms with Crippen LogP contribution in [0, 0.1) is 0 Å². The smallest absolute Gasteiger partial charge is 0.290 e. The number of carboxylic acid groups (broad SMARTS) is 1. The highest BCUT2D eigenvalue weighted by molar-refractivity contribution is 6.00. The van der Waals surface area contributed by atoms with Crippen LogP contribution in [0.25, 0.3) is 0 Å². The minimum Gasteiger partial charge on any atom is -0.483 e. The van der Waals surface area contributed by atoms with Gasteiger partial charge >= 0.3 is 0 Å². The Labute approximate surface area is 62.0 Å². The molecule has 0 aliphatic carbocycles. The van der Waals surface area contributed by atoms with E-state index in [4.69, 9.17) is 15.1 Å². The number of amides is 2. The van der Waals surface area contributed by atoms with E-state index in [2.05, 4.69) is 0 Å². The van der Waals surface area contributed by atoms with Crippen LogP contribution in [0.2, 0.25) is 0 Å². The van der Waals surface area contributed by atoms with E-state index in [0.29, 0.717) is 0 Å². The van der Waals surface area contributed by atoms with E-state index in [1.807, 2.05) is 0 Å². The van der Waals surface area contributed by atoms with Gasteiger partial charge in [0.15, 0.2) is 0 Å². The number of hydrogen-bond acceptors (Lipinski definition) is 4. The highest BCUT2D eigenvalue weighted by Crippen LogP contribution is 2.06. The molecule has 2 N–H and O–H groups in total. The van der Waals surface area contributed by atoms with Crippen LogP contribution in [-0.4, -0.2) is 33.7 Å². The second-order valence-corrected chi connectivity index (χ2v) is 1.70. The van der Waals surface area contributed by atoms with Gasteiger partial charge in [0.25, 0.3) is 18.3 Å². The zero-order chi connectivity index (χ0) is 8.85. The molecule has 1 fully saturated rings. The Bertz CT molecular complexity index is 162. The number of carbonyl (C=O) groups is 3. The molecule has 11 heavy (non-hydrogen) atoms. The molecular formula is C5H7NO5. The Morgan fingerprint density at radius 2 is 1.55 bits per heavy atom. The van der Waals surface area contributed by atoms with Crippen molar-refractivity contribution in [2.24, 2.45) is 0 Å². The molecule has 1 aliphatic heterocycles. The van der Waals surface area contributed by atoms with Gasteiger partial charge in [-0.05, 0) is 0 Å². The number of hydrogen-bond donors (Lipinski definition) is 2. The molecule has 1 aliphatic rings. The van der Waals surface area contributed by atoms with Crippen LogP contribution in [0.15, 0.2) is 0 Å². The molecule has 1 heterocycles. The fourth-order valence-corrected chi connectivity index (χ4v) is 0.565. The lowest BCUT2D eigenvalue weighted by atomic mass is 10.4. The van der Waals surface area contributed by atoms with Gasteiger partial charge in [-0.2, -0.15) is 5.06 Å². The third kappa shape index (κ3) is 2.76. The lowest BCUT2D eigenvalue weighted by Gasteiger charge is -1.98. The van der Waals surface area contributed by atoms with Crippen molar-refractivity contribution in [2.45, 2.75) is 12.8 Å². The Balaban J connectivity index is 0.000000292. The molecule has 62 valence electrons. The second kappa shape index (κ2) is 4.40. The Kier molecular flexibility index (Phi) is 3.82. The third-order valence-corrected chi connectivity index (χ3v) is 1.03. The van der Waals surface area contributed by atoms with Crippen molar-refractivity contribution in [1.29, 1.82) is 0 Å². The largest absolute Gasteiger partial charge is 0.483 e. The average Bonchev–Trinajstić information content (AvgIpc) is 2.22. The molecule has 0 saturated carbocycles. The molecule has 0 aromatic carbocycles. The Morgan fingerprint density at radius 1 is 1.27 bits per heavy atom. The van der Waals surface area contributed by atoms with E-state index < -0.39 is 11.8 Å². The normalized spacial score (nSPS) is 15.9. The number of nitrogens with zero attached hydrogens (tertiary/aromatic N) is 1. The summed E-state index contributed by atoms with van der Waals surface area (Å²) in [5, 5.41) is 15.5. The van der Waals surface area contributed by atoms with Crippen LogP contribution in [0.5, 0.6) is 0 Å². The van der Waals surface area contributed by atoms with E-state index in [1.54, 1.807) is 0 Å². The van der Waals surface area contributed by atoms with Gasteiger partial charge in [-0.15, -0.1) is 0 Å². The van der Waals surface area contributed by atoms with Gasteiger partial charge < -0.3 is 5.11 Å². The quantitative estimate of drug-likeness (QED) is 0.276. The van der Waals surface area contributed by atoms with Crippen LogP contribution in [0.3, 0.4) is 0 Å². The Hall–Kier alpha value is -1.43. The van der Waals surface area contributed by atoms with Crippen LogP contribution in [0.4, 0.5) is 0 Å². The monoisotopic (exact) mass is 161 g/mol. The van der Waals surface area contributed by atoms with E-state index in [0.717, 1.165) is 0 Å². The van der Waals surface area contributed by atoms with Crippen molar-refractivity contribution in [3.05, 3.63) is 0 Å². The van der Waals surface area contributed by atoms with Crippen LogP contribution in [0.1, 0.15) is 12.8 Å². The van der Waals surface area contributed by atoms with Crippen molar-refractivity contribution < 1.29 is 24.7 Å². The highest BCUT2D eigenvalue weighted by atomic mass is 16.5. The summed E-state index contributed by atoms with van der Waals surface area (Å²) in [7, 11) is 0. The number of hydroxylamine groups is 2. The topological polar surface area (TPSA) is 94.9 Å². The fraction of sp³-hybridized carbons (Fsp3) is 0.400. The summed E-state index contributed by atoms with van der Waals surface area (Å²) >= 11 is 0. The van der Waals surface area contributed by atoms with Crippen molar-refractivity contribution in [2.75, 3.05) is 0 Å². The predicted octanol–water partition coefficient (Wildman–Crippen LogP) is -0.775. The average molecular weight is 161 g/mol. The van der Waals surface area contributed by atoms with Gasteiger partial charge in [-0.3, -0.25) is 19.6 Å². The van der Waals surface area contributed by atoms with Gasteiger partial charge in [-0.25, -0.2) is 0 Å². The van der Waals surface area contributed by atoms with Gasteiger partial charge in [0.05, 0.1) is 0 Å². The fourth-order valence-electron chi connectivity index (χ4n) is 0.565. The molecule has 0 spiro atoms. The highest BCUT2D eigenvalue weighted by Gasteiger charge is 2.26. The van der Waals surface area contributed by atoms with Gasteiger partial charge in [0.2, 0.25) is 0 Å². The Morgan fingerprint density at radius 3 is 1.64 bits per heavy atom. The summed E-state index contributed by atoms with van der Waals surface area (Å²) in [5.41, 5.74) is 0. The molecule has 0 radical (unpaired) electrons. The first kappa shape index (κ1) is 9.57. The molecule has 6 heteroatoms. The maximum Gasteiger partial charge on any atom is 0.290 e. The van der Waals surface area contributed by atoms with Crippen molar-refractivity contribution >= 4 is 18.3 Å². The number of carbonyl (C=O) groups excluding carboxylic acids is 2. The molecular weight excluding hydrogens is 154 g/mol. The molecule has 0 bridgehead atoms. The number of imide groups is 1. The summed E-state index contributed by atoms with van der Waals surface area (Å²) in [6.45, 7) is -0.250. The molecule has 1 saturated heterocycles. The van der Waals surface area contributed by atoms with Crippen molar-refractivity contribution in [3.8, 4) is 0 Å². The van der Waals surface area contributed by atoms with E-state index in [1.165, 1.54) is 0 Å². The van der Waals surface area contributed by atoms with Gasteiger partial charge in [-0.1, -0.05) is 0 Å². The van der Waals surface area contributed by atoms with Crippen LogP contribution < -0.4 is 0 Å². The predicted molar refractivity (Wildman–Crippen MR) is 31.6 cm³/mol. The molecule has 6 nitrogen and oxygen atoms in total. The maximum absolute atomic E-state index is 10.2. The second-order valence-electron chi connectivity index (χ2n) is 1.70. The zero-order valence-corrected chi connectivity index (χ0v) is 5.56. The first-order valence-electron chi connectivity index (χ1n) is 2.76.